The third kappa shape index (κ3) is 4.33. The monoisotopic (exact) mass is 485 g/mol. The van der Waals surface area contributed by atoms with E-state index in [1.807, 2.05) is 36.4 Å². The van der Waals surface area contributed by atoms with E-state index < -0.39 is 0 Å². The first-order valence-electron chi connectivity index (χ1n) is 12.2. The Morgan fingerprint density at radius 1 is 0.971 bits per heavy atom. The molecular formula is C28H28ClN5O. The number of hydrogen-bond donors (Lipinski definition) is 2. The highest BCUT2D eigenvalue weighted by molar-refractivity contribution is 6.30. The molecule has 178 valence electrons. The number of rotatable bonds is 5. The number of carbonyl (C=O) groups excluding carboxylic acids is 1. The van der Waals surface area contributed by atoms with E-state index in [1.54, 1.807) is 4.90 Å². The molecule has 3 aromatic rings. The highest BCUT2D eigenvalue weighted by atomic mass is 35.5. The summed E-state index contributed by atoms with van der Waals surface area (Å²) in [6.07, 6.45) is 0.874. The number of benzene rings is 3. The Kier molecular flexibility index (Phi) is 6.02. The fraction of sp³-hybridized carbons (Fsp3) is 0.286. The SMILES string of the molecule is O=C1Nc2ccccc2C2=NC(CC3CNCCN3C(c3ccccc3)c3ccc(Cl)cc3)CN12. The second-order valence-corrected chi connectivity index (χ2v) is 9.83. The van der Waals surface area contributed by atoms with Crippen LogP contribution in [0.4, 0.5) is 10.5 Å². The minimum atomic E-state index is -0.0908. The Morgan fingerprint density at radius 3 is 2.54 bits per heavy atom. The van der Waals surface area contributed by atoms with Crippen molar-refractivity contribution in [2.45, 2.75) is 24.5 Å². The molecule has 3 heterocycles. The molecular weight excluding hydrogens is 458 g/mol. The third-order valence-electron chi connectivity index (χ3n) is 7.18. The molecule has 1 saturated heterocycles. The molecule has 2 N–H and O–H groups in total. The Hall–Kier alpha value is -3.19. The van der Waals surface area contributed by atoms with E-state index in [4.69, 9.17) is 16.6 Å². The number of nitrogens with zero attached hydrogens (tertiary/aromatic N) is 3. The number of piperazine rings is 1. The number of halogens is 1. The largest absolute Gasteiger partial charge is 0.327 e. The van der Waals surface area contributed by atoms with Gasteiger partial charge in [-0.3, -0.25) is 14.8 Å². The van der Waals surface area contributed by atoms with Crippen LogP contribution < -0.4 is 10.6 Å². The van der Waals surface area contributed by atoms with Crippen LogP contribution in [-0.4, -0.2) is 59.9 Å². The number of para-hydroxylation sites is 1. The van der Waals surface area contributed by atoms with E-state index in [9.17, 15) is 4.79 Å². The lowest BCUT2D eigenvalue weighted by atomic mass is 9.93. The predicted octanol–water partition coefficient (Wildman–Crippen LogP) is 4.77. The Balaban J connectivity index is 1.30. The molecule has 0 saturated carbocycles. The van der Waals surface area contributed by atoms with Gasteiger partial charge in [0.15, 0.2) is 0 Å². The molecule has 0 aromatic heterocycles. The van der Waals surface area contributed by atoms with Gasteiger partial charge in [-0.1, -0.05) is 66.2 Å². The number of anilines is 1. The van der Waals surface area contributed by atoms with Gasteiger partial charge in [0.1, 0.15) is 5.84 Å². The van der Waals surface area contributed by atoms with Crippen LogP contribution in [0.1, 0.15) is 29.2 Å². The van der Waals surface area contributed by atoms with Crippen LogP contribution in [0.3, 0.4) is 0 Å². The zero-order valence-electron chi connectivity index (χ0n) is 19.4. The van der Waals surface area contributed by atoms with Gasteiger partial charge >= 0.3 is 6.03 Å². The lowest BCUT2D eigenvalue weighted by Gasteiger charge is -2.42. The summed E-state index contributed by atoms with van der Waals surface area (Å²) in [4.78, 5) is 22.2. The number of nitrogens with one attached hydrogen (secondary N) is 2. The minimum absolute atomic E-state index is 0.0518. The number of aliphatic imine (C=N–C) groups is 1. The van der Waals surface area contributed by atoms with Crippen LogP contribution in [0.2, 0.25) is 5.02 Å². The molecule has 3 atom stereocenters. The molecule has 3 aliphatic rings. The number of amides is 2. The van der Waals surface area contributed by atoms with Crippen molar-refractivity contribution in [3.8, 4) is 0 Å². The fourth-order valence-corrected chi connectivity index (χ4v) is 5.70. The zero-order chi connectivity index (χ0) is 23.8. The van der Waals surface area contributed by atoms with Gasteiger partial charge in [-0.15, -0.1) is 0 Å². The molecule has 0 aliphatic carbocycles. The van der Waals surface area contributed by atoms with Gasteiger partial charge in [0.25, 0.3) is 0 Å². The van der Waals surface area contributed by atoms with Crippen molar-refractivity contribution in [3.63, 3.8) is 0 Å². The van der Waals surface area contributed by atoms with Crippen LogP contribution in [0.5, 0.6) is 0 Å². The fourth-order valence-electron chi connectivity index (χ4n) is 5.58. The first-order valence-corrected chi connectivity index (χ1v) is 12.6. The first kappa shape index (κ1) is 22.3. The van der Waals surface area contributed by atoms with Crippen molar-refractivity contribution >= 4 is 29.2 Å². The van der Waals surface area contributed by atoms with Gasteiger partial charge in [0.2, 0.25) is 0 Å². The highest BCUT2D eigenvalue weighted by Crippen LogP contribution is 2.34. The first-order chi connectivity index (χ1) is 17.2. The average molecular weight is 486 g/mol. The van der Waals surface area contributed by atoms with Crippen LogP contribution in [0.25, 0.3) is 0 Å². The van der Waals surface area contributed by atoms with Crippen LogP contribution in [-0.2, 0) is 0 Å². The maximum absolute atomic E-state index is 12.7. The summed E-state index contributed by atoms with van der Waals surface area (Å²) in [5.41, 5.74) is 4.33. The summed E-state index contributed by atoms with van der Waals surface area (Å²) in [7, 11) is 0. The highest BCUT2D eigenvalue weighted by Gasteiger charge is 2.39. The van der Waals surface area contributed by atoms with Crippen molar-refractivity contribution in [3.05, 3.63) is 101 Å². The van der Waals surface area contributed by atoms with Crippen LogP contribution >= 0.6 is 11.6 Å². The lowest BCUT2D eigenvalue weighted by molar-refractivity contribution is 0.113. The normalized spacial score (nSPS) is 22.7. The number of carbonyl (C=O) groups is 1. The molecule has 3 aliphatic heterocycles. The van der Waals surface area contributed by atoms with Gasteiger partial charge in [0, 0.05) is 36.3 Å². The molecule has 6 rings (SSSR count). The van der Waals surface area contributed by atoms with Gasteiger partial charge in [-0.25, -0.2) is 4.79 Å². The maximum Gasteiger partial charge on any atom is 0.327 e. The molecule has 35 heavy (non-hydrogen) atoms. The Morgan fingerprint density at radius 2 is 1.71 bits per heavy atom. The molecule has 0 bridgehead atoms. The zero-order valence-corrected chi connectivity index (χ0v) is 20.2. The summed E-state index contributed by atoms with van der Waals surface area (Å²) in [5, 5.41) is 7.34. The number of amidine groups is 1. The summed E-state index contributed by atoms with van der Waals surface area (Å²) in [6, 6.07) is 27.2. The van der Waals surface area contributed by atoms with E-state index in [0.717, 1.165) is 48.2 Å². The molecule has 0 radical (unpaired) electrons. The lowest BCUT2D eigenvalue weighted by Crippen LogP contribution is -2.54. The second-order valence-electron chi connectivity index (χ2n) is 9.39. The van der Waals surface area contributed by atoms with Crippen molar-refractivity contribution in [2.75, 3.05) is 31.5 Å². The molecule has 2 amide bonds. The second kappa shape index (κ2) is 9.46. The predicted molar refractivity (Wildman–Crippen MR) is 140 cm³/mol. The smallest absolute Gasteiger partial charge is 0.314 e. The van der Waals surface area contributed by atoms with Crippen LogP contribution in [0, 0.1) is 0 Å². The van der Waals surface area contributed by atoms with E-state index in [0.29, 0.717) is 6.54 Å². The topological polar surface area (TPSA) is 60.0 Å². The molecule has 3 unspecified atom stereocenters. The quantitative estimate of drug-likeness (QED) is 0.547. The maximum atomic E-state index is 12.7. The van der Waals surface area contributed by atoms with Gasteiger partial charge in [-0.2, -0.15) is 0 Å². The summed E-state index contributed by atoms with van der Waals surface area (Å²) >= 11 is 6.22. The van der Waals surface area contributed by atoms with Crippen molar-refractivity contribution < 1.29 is 4.79 Å². The van der Waals surface area contributed by atoms with Crippen molar-refractivity contribution in [1.29, 1.82) is 0 Å². The van der Waals surface area contributed by atoms with Crippen molar-refractivity contribution in [1.82, 2.24) is 15.1 Å². The summed E-state index contributed by atoms with van der Waals surface area (Å²) < 4.78 is 0. The van der Waals surface area contributed by atoms with Crippen LogP contribution in [0.15, 0.2) is 83.9 Å². The molecule has 7 heteroatoms. The van der Waals surface area contributed by atoms with Gasteiger partial charge in [-0.05, 0) is 41.8 Å². The van der Waals surface area contributed by atoms with E-state index in [1.165, 1.54) is 11.1 Å². The summed E-state index contributed by atoms with van der Waals surface area (Å²) in [5.74, 6) is 0.793. The number of fused-ring (bicyclic) bond motifs is 3. The minimum Gasteiger partial charge on any atom is -0.314 e. The molecule has 1 fully saturated rings. The number of urea groups is 1. The molecule has 3 aromatic carbocycles. The standard InChI is InChI=1S/C28H28ClN5O/c29-21-12-10-20(11-13-21)26(19-6-2-1-3-7-19)33-15-14-30-17-23(33)16-22-18-34-27(31-22)24-8-4-5-9-25(24)32-28(34)35/h1-13,22-23,26,30H,14-18H2,(H,32,35). The van der Waals surface area contributed by atoms with E-state index in [2.05, 4.69) is 58.0 Å². The van der Waals surface area contributed by atoms with E-state index >= 15 is 0 Å². The van der Waals surface area contributed by atoms with Crippen molar-refractivity contribution in [2.24, 2.45) is 4.99 Å². The third-order valence-corrected chi connectivity index (χ3v) is 7.43. The molecule has 6 nitrogen and oxygen atoms in total. The Labute approximate surface area is 210 Å². The number of hydrogen-bond acceptors (Lipinski definition) is 4. The van der Waals surface area contributed by atoms with Gasteiger partial charge in [0.05, 0.1) is 24.3 Å². The van der Waals surface area contributed by atoms with E-state index in [-0.39, 0.29) is 24.2 Å². The van der Waals surface area contributed by atoms with Gasteiger partial charge < -0.3 is 10.6 Å². The Bertz CT molecular complexity index is 1250. The summed E-state index contributed by atoms with van der Waals surface area (Å²) in [6.45, 7) is 3.37. The molecule has 0 spiro atoms. The average Bonchev–Trinajstić information content (AvgIpc) is 3.32.